The largest absolute Gasteiger partial charge is 0.390 e. The Morgan fingerprint density at radius 3 is 1.19 bits per heavy atom. The minimum atomic E-state index is -1.23. The van der Waals surface area contributed by atoms with Crippen molar-refractivity contribution in [3.63, 3.8) is 0 Å². The van der Waals surface area contributed by atoms with E-state index in [-0.39, 0.29) is 59.4 Å². The number of methoxy groups -OCH3 is 1. The van der Waals surface area contributed by atoms with Gasteiger partial charge in [0, 0.05) is 57.9 Å². The predicted molar refractivity (Wildman–Crippen MR) is 476 cm³/mol. The van der Waals surface area contributed by atoms with Gasteiger partial charge in [0.15, 0.2) is 18.7 Å². The zero-order valence-electron chi connectivity index (χ0n) is 67.8. The average molecular weight is 1720 g/mol. The summed E-state index contributed by atoms with van der Waals surface area (Å²) in [7, 11) is 1.55. The van der Waals surface area contributed by atoms with Gasteiger partial charge in [-0.1, -0.05) is 61.8 Å². The second-order valence-corrected chi connectivity index (χ2v) is 55.4. The summed E-state index contributed by atoms with van der Waals surface area (Å²) in [6, 6.07) is -0.359. The number of nitrogens with one attached hydrogen (secondary N) is 2. The molecule has 0 unspecified atom stereocenters. The molecule has 0 bridgehead atoms. The molecule has 29 nitrogen and oxygen atoms in total. The number of hydrogen-bond donors (Lipinski definition) is 12. The van der Waals surface area contributed by atoms with Gasteiger partial charge in [0.25, 0.3) is 0 Å². The molecule has 4 fully saturated rings. The highest BCUT2D eigenvalue weighted by Gasteiger charge is 2.50. The van der Waals surface area contributed by atoms with Crippen LogP contribution < -0.4 is 27.8 Å². The molecule has 10 rings (SSSR count). The van der Waals surface area contributed by atoms with Crippen molar-refractivity contribution in [1.29, 1.82) is 0 Å². The van der Waals surface area contributed by atoms with Crippen LogP contribution in [0.2, 0.25) is 0 Å². The molecule has 0 spiro atoms. The molecular weight excluding hydrogens is 1590 g/mol. The van der Waals surface area contributed by atoms with Crippen molar-refractivity contribution in [2.45, 2.75) is 162 Å². The first-order valence-corrected chi connectivity index (χ1v) is 53.1. The molecule has 626 valence electrons. The van der Waals surface area contributed by atoms with E-state index in [0.29, 0.717) is 64.7 Å². The Balaban J connectivity index is 0.000000219. The van der Waals surface area contributed by atoms with Gasteiger partial charge >= 0.3 is 0 Å². The lowest BCUT2D eigenvalue weighted by molar-refractivity contribution is -0.118. The van der Waals surface area contributed by atoms with Crippen LogP contribution in [0, 0.1) is 5.92 Å². The summed E-state index contributed by atoms with van der Waals surface area (Å²) in [5, 5.41) is 77.6. The van der Waals surface area contributed by atoms with Crippen molar-refractivity contribution in [1.82, 2.24) is 35.1 Å². The van der Waals surface area contributed by atoms with Crippen molar-refractivity contribution in [2.24, 2.45) is 48.1 Å². The molecular formula is C77H127BrN15O14P5. The molecule has 0 aromatic carbocycles. The zero-order chi connectivity index (χ0) is 84.2. The predicted octanol–water partition coefficient (Wildman–Crippen LogP) is 5.22. The number of carbonyl (C=O) groups is 2. The normalized spacial score (nSPS) is 31.2. The van der Waals surface area contributed by atoms with Gasteiger partial charge in [-0.2, -0.15) is 0 Å². The molecule has 0 radical (unpaired) electrons. The first kappa shape index (κ1) is 95.2. The highest BCUT2D eigenvalue weighted by atomic mass is 79.9. The molecule has 19 atom stereocenters. The number of aliphatic hydroxyl groups is 7. The van der Waals surface area contributed by atoms with Gasteiger partial charge in [-0.15, -0.1) is 65.9 Å². The van der Waals surface area contributed by atoms with E-state index in [1.165, 1.54) is 13.8 Å². The molecule has 112 heavy (non-hydrogen) atoms. The summed E-state index contributed by atoms with van der Waals surface area (Å²) in [6.07, 6.45) is 39.3. The third-order valence-electron chi connectivity index (χ3n) is 19.2. The molecule has 2 amide bonds. The molecule has 4 saturated heterocycles. The highest BCUT2D eigenvalue weighted by molar-refractivity contribution is 9.09. The van der Waals surface area contributed by atoms with Crippen LogP contribution in [0.15, 0.2) is 160 Å². The maximum absolute atomic E-state index is 11.1. The number of nitrogens with zero attached hydrogens (tertiary/aromatic N) is 10. The molecule has 9 aliphatic heterocycles. The standard InChI is InChI=1S/C17H28N3O4P.C16H26N3O4P.C15H26N3O2P.C15H24N3O2P.C14H23BrN3O2P/c1-11-18-14(19-12(2)21)7-9-20(11)17-16(23-3)15(22)13(24-17)8-10-25(4,5)6;1-10-17-13(18-11(2)20)6-8-19(10)16-15(22)14(21)12(23-16)7-9-24(3,4)5;1-10-14(19)12(7-9-21(3,4)5)20-15(10)18-8-6-13(16)17-11(18)2;1-10-17-13(16)5-7-18(10)12-9-11(14(19)15(12)20)6-8-21(2,3)4;1-9-17-11(16)5-7-18(9)14-12(15)13(19)10(20-14)6-8-21(2,3)4/h7,9,13,15-17,22H,1,4,8,10H2,2-3,5-6H3,(H,18,19,21);6,8,12,14-16,21-22H,1,3,7,9H2,2,4-5H3,(H,17,18,20);6,8,10,12,14-15,19H,2-3,7,9H2,1,4-5H3,(H2,16,17);5,7,9,12,14-15,19-20H,1-2,6,8H2,3-4H3,(H2,16,17);5,7,10,12-14,19H,1-2,6,8H2,3-4H3,(H2,16,17)/t13-,15-,16-,17-;12-,14-,15-,16-;10-,12-,14+,15-;12-,14-,15+;10-,12-,13-,14-/m11111/s1. The summed E-state index contributed by atoms with van der Waals surface area (Å²) in [5.41, 5.74) is 17.8. The van der Waals surface area contributed by atoms with Crippen molar-refractivity contribution in [3.05, 3.63) is 135 Å². The van der Waals surface area contributed by atoms with Gasteiger partial charge in [-0.25, -0.2) is 25.0 Å². The van der Waals surface area contributed by atoms with Gasteiger partial charge in [0.1, 0.15) is 101 Å². The fourth-order valence-electron chi connectivity index (χ4n) is 13.0. The van der Waals surface area contributed by atoms with Crippen LogP contribution in [0.3, 0.4) is 0 Å². The lowest BCUT2D eigenvalue weighted by atomic mass is 10.00. The third-order valence-corrected chi connectivity index (χ3v) is 27.5. The second kappa shape index (κ2) is 40.5. The number of rotatable bonds is 21. The molecule has 0 aromatic rings. The van der Waals surface area contributed by atoms with Gasteiger partial charge in [-0.3, -0.25) is 9.59 Å². The van der Waals surface area contributed by atoms with E-state index in [9.17, 15) is 45.3 Å². The number of ether oxygens (including phenoxy) is 5. The monoisotopic (exact) mass is 1720 g/mol. The number of nitrogens with two attached hydrogens (primary N) is 3. The van der Waals surface area contributed by atoms with E-state index in [1.54, 1.807) is 81.9 Å². The Morgan fingerprint density at radius 1 is 0.464 bits per heavy atom. The summed E-state index contributed by atoms with van der Waals surface area (Å²) >= 11 is 3.53. The Kier molecular flexibility index (Phi) is 34.4. The van der Waals surface area contributed by atoms with E-state index in [4.69, 9.17) is 40.9 Å². The Bertz CT molecular complexity index is 3980. The number of alkyl halides is 1. The Morgan fingerprint density at radius 2 is 0.795 bits per heavy atom. The summed E-state index contributed by atoms with van der Waals surface area (Å²) in [4.78, 5) is 51.5. The van der Waals surface area contributed by atoms with Crippen LogP contribution >= 0.6 is 50.4 Å². The van der Waals surface area contributed by atoms with Crippen molar-refractivity contribution >= 4 is 123 Å². The summed E-state index contributed by atoms with van der Waals surface area (Å²) in [5.74, 6) is 3.84. The van der Waals surface area contributed by atoms with Gasteiger partial charge < -0.3 is 112 Å². The summed E-state index contributed by atoms with van der Waals surface area (Å²) in [6.45, 7) is 40.0. The number of amidine groups is 5. The quantitative estimate of drug-likeness (QED) is 0.0398. The smallest absolute Gasteiger partial charge is 0.222 e. The van der Waals surface area contributed by atoms with Crippen LogP contribution in [0.25, 0.3) is 0 Å². The molecule has 10 aliphatic rings. The van der Waals surface area contributed by atoms with Crippen LogP contribution in [0.4, 0.5) is 0 Å². The average Bonchev–Trinajstić information content (AvgIpc) is 1.67. The van der Waals surface area contributed by atoms with Crippen LogP contribution in [-0.4, -0.2) is 346 Å². The molecule has 1 aliphatic carbocycles. The Labute approximate surface area is 672 Å². The molecule has 35 heteroatoms. The number of carbonyl (C=O) groups excluding carboxylic acids is 2. The summed E-state index contributed by atoms with van der Waals surface area (Å²) < 4.78 is 29.5. The number of amides is 2. The van der Waals surface area contributed by atoms with E-state index in [1.807, 2.05) is 24.1 Å². The Hall–Kier alpha value is -5.67. The SMILES string of the molecule is C=C1N=C(N)C=CN1[C@@H]1C=C(CCP(=C)(C)C)[C@@H](O)[C@H]1O.C=C1N=C(N)C=CN1[C@@H]1O[C@H](CCP(=C)(C)C)[C@@H](O)[C@H]1Br.C=C1N=C(N)C=CN1[C@@H]1O[C@H](CCP(=C)(C)C)[C@@H](O)[C@H]1C.C=C1N=C(NC(C)=O)C=CN1[C@@H]1O[C@H](CCP(=C)(C)C)[C@@H](O)[C@H]1O.C=C1N=C(NC(C)=O)C=CN1[C@@H]1O[C@H](CCP(=C)(C)C)[C@@H](O)[C@H]1OC. The fraction of sp³-hybridized carbons (Fsp3) is 0.558. The maximum atomic E-state index is 11.1. The second-order valence-electron chi connectivity index (χ2n) is 32.7. The van der Waals surface area contributed by atoms with Gasteiger partial charge in [0.2, 0.25) is 11.8 Å². The van der Waals surface area contributed by atoms with Gasteiger partial charge in [-0.05, 0) is 166 Å². The number of aliphatic imine (C=N–C) groups is 5. The fourth-order valence-corrected chi connectivity index (χ4v) is 18.4. The third kappa shape index (κ3) is 28.0. The van der Waals surface area contributed by atoms with Crippen LogP contribution in [0.5, 0.6) is 0 Å². The van der Waals surface area contributed by atoms with Crippen molar-refractivity contribution < 1.29 is 69.0 Å². The maximum Gasteiger partial charge on any atom is 0.222 e. The van der Waals surface area contributed by atoms with E-state index < -0.39 is 102 Å². The molecule has 0 aromatic heterocycles. The van der Waals surface area contributed by atoms with Gasteiger partial charge in [0.05, 0.1) is 47.5 Å². The van der Waals surface area contributed by atoms with Crippen molar-refractivity contribution in [3.8, 4) is 0 Å². The number of aliphatic hydroxyl groups excluding tert-OH is 7. The van der Waals surface area contributed by atoms with E-state index in [2.05, 4.69) is 183 Å². The number of halogens is 1. The topological polar surface area (TPSA) is 402 Å². The van der Waals surface area contributed by atoms with Crippen LogP contribution in [-0.2, 0) is 33.3 Å². The first-order valence-electron chi connectivity index (χ1n) is 36.9. The molecule has 0 saturated carbocycles. The minimum Gasteiger partial charge on any atom is -0.390 e. The van der Waals surface area contributed by atoms with Crippen LogP contribution in [0.1, 0.15) is 52.9 Å². The molecule has 15 N–H and O–H groups in total. The van der Waals surface area contributed by atoms with E-state index in [0.717, 1.165) is 62.1 Å². The lowest BCUT2D eigenvalue weighted by Crippen LogP contribution is -2.43. The highest BCUT2D eigenvalue weighted by Crippen LogP contribution is 2.45. The zero-order valence-corrected chi connectivity index (χ0v) is 73.8. The van der Waals surface area contributed by atoms with Crippen molar-refractivity contribution in [2.75, 3.05) is 105 Å². The molecule has 9 heterocycles. The van der Waals surface area contributed by atoms with E-state index >= 15 is 0 Å². The lowest BCUT2D eigenvalue weighted by Gasteiger charge is -2.32. The number of hydrogen-bond acceptors (Lipinski definition) is 27. The minimum absolute atomic E-state index is 0.0165. The first-order chi connectivity index (χ1) is 51.8.